The summed E-state index contributed by atoms with van der Waals surface area (Å²) in [5, 5.41) is 0. The van der Waals surface area contributed by atoms with E-state index < -0.39 is 5.60 Å². The van der Waals surface area contributed by atoms with Crippen LogP contribution in [0.2, 0.25) is 0 Å². The predicted molar refractivity (Wildman–Crippen MR) is 156 cm³/mol. The average Bonchev–Trinajstić information content (AvgIpc) is 3.29. The second kappa shape index (κ2) is 13.1. The zero-order valence-electron chi connectivity index (χ0n) is 25.2. The van der Waals surface area contributed by atoms with Gasteiger partial charge in [0.05, 0.1) is 31.9 Å². The van der Waals surface area contributed by atoms with Crippen LogP contribution in [0.25, 0.3) is 0 Å². The molecular weight excluding hydrogens is 522 g/mol. The van der Waals surface area contributed by atoms with Crippen molar-refractivity contribution in [3.8, 4) is 11.5 Å². The number of nitrogens with zero attached hydrogens (tertiary/aromatic N) is 1. The quantitative estimate of drug-likeness (QED) is 0.237. The Labute approximate surface area is 243 Å². The average molecular weight is 566 g/mol. The minimum atomic E-state index is -0.539. The van der Waals surface area contributed by atoms with E-state index in [0.717, 1.165) is 29.7 Å². The Bertz CT molecular complexity index is 1260. The molecule has 2 aromatic rings. The van der Waals surface area contributed by atoms with E-state index in [-0.39, 0.29) is 35.8 Å². The maximum Gasteiger partial charge on any atom is 0.410 e. The van der Waals surface area contributed by atoms with Gasteiger partial charge in [-0.1, -0.05) is 25.5 Å². The summed E-state index contributed by atoms with van der Waals surface area (Å²) in [6.07, 6.45) is 2.32. The van der Waals surface area contributed by atoms with Gasteiger partial charge in [-0.2, -0.15) is 0 Å². The molecular formula is C33H43NO7. The Hall–Kier alpha value is -3.39. The Morgan fingerprint density at radius 2 is 1.85 bits per heavy atom. The molecule has 1 amide bonds. The number of hydrogen-bond acceptors (Lipinski definition) is 7. The molecule has 41 heavy (non-hydrogen) atoms. The Balaban J connectivity index is 1.43. The van der Waals surface area contributed by atoms with Gasteiger partial charge < -0.3 is 23.8 Å². The van der Waals surface area contributed by atoms with Crippen LogP contribution in [-0.4, -0.2) is 67.2 Å². The van der Waals surface area contributed by atoms with Crippen molar-refractivity contribution in [2.75, 3.05) is 26.8 Å². The third-order valence-electron chi connectivity index (χ3n) is 7.59. The van der Waals surface area contributed by atoms with Gasteiger partial charge in [-0.25, -0.2) is 4.79 Å². The van der Waals surface area contributed by atoms with Gasteiger partial charge in [-0.05, 0) is 70.4 Å². The summed E-state index contributed by atoms with van der Waals surface area (Å²) in [5.74, 6) is 1.17. The number of ether oxygens (including phenoxy) is 4. The number of ketones is 2. The summed E-state index contributed by atoms with van der Waals surface area (Å²) in [7, 11) is 1.63. The first-order valence-corrected chi connectivity index (χ1v) is 14.6. The van der Waals surface area contributed by atoms with Crippen molar-refractivity contribution in [2.45, 2.75) is 90.4 Å². The van der Waals surface area contributed by atoms with Gasteiger partial charge >= 0.3 is 6.09 Å². The number of carbonyl (C=O) groups is 3. The minimum Gasteiger partial charge on any atom is -0.497 e. The van der Waals surface area contributed by atoms with Gasteiger partial charge in [0, 0.05) is 36.4 Å². The molecule has 4 rings (SSSR count). The summed E-state index contributed by atoms with van der Waals surface area (Å²) in [6, 6.07) is 11.4. The lowest BCUT2D eigenvalue weighted by molar-refractivity contribution is -0.0451. The molecule has 8 nitrogen and oxygen atoms in total. The molecule has 0 N–H and O–H groups in total. The fourth-order valence-electron chi connectivity index (χ4n) is 5.55. The third kappa shape index (κ3) is 7.47. The zero-order valence-corrected chi connectivity index (χ0v) is 25.2. The number of Topliss-reactive ketones (excluding diaryl/α,β-unsaturated/α-hetero) is 2. The summed E-state index contributed by atoms with van der Waals surface area (Å²) in [5.41, 5.74) is 2.36. The topological polar surface area (TPSA) is 91.4 Å². The highest BCUT2D eigenvalue weighted by Crippen LogP contribution is 2.46. The molecule has 2 heterocycles. The van der Waals surface area contributed by atoms with E-state index in [2.05, 4.69) is 0 Å². The minimum absolute atomic E-state index is 0.00171. The summed E-state index contributed by atoms with van der Waals surface area (Å²) in [6.45, 7) is 10.8. The van der Waals surface area contributed by atoms with Crippen molar-refractivity contribution in [3.05, 3.63) is 58.7 Å². The molecule has 0 aliphatic carbocycles. The first kappa shape index (κ1) is 30.6. The van der Waals surface area contributed by atoms with Crippen LogP contribution in [-0.2, 0) is 9.47 Å². The van der Waals surface area contributed by atoms with Crippen LogP contribution in [0.15, 0.2) is 36.4 Å². The van der Waals surface area contributed by atoms with E-state index in [1.54, 1.807) is 18.1 Å². The number of rotatable bonds is 10. The first-order chi connectivity index (χ1) is 19.5. The lowest BCUT2D eigenvalue weighted by Gasteiger charge is -2.34. The molecule has 2 aliphatic rings. The number of fused-ring (bicyclic) bond motifs is 1. The molecule has 0 saturated carbocycles. The fraction of sp³-hybridized carbons (Fsp3) is 0.545. The van der Waals surface area contributed by atoms with Crippen molar-refractivity contribution < 1.29 is 33.3 Å². The van der Waals surface area contributed by atoms with Gasteiger partial charge in [0.2, 0.25) is 0 Å². The Morgan fingerprint density at radius 3 is 2.56 bits per heavy atom. The van der Waals surface area contributed by atoms with Gasteiger partial charge in [-0.3, -0.25) is 9.59 Å². The molecule has 1 saturated heterocycles. The van der Waals surface area contributed by atoms with Crippen LogP contribution < -0.4 is 9.47 Å². The highest BCUT2D eigenvalue weighted by Gasteiger charge is 2.36. The maximum atomic E-state index is 13.4. The normalized spacial score (nSPS) is 20.2. The summed E-state index contributed by atoms with van der Waals surface area (Å²) < 4.78 is 23.0. The molecule has 0 bridgehead atoms. The van der Waals surface area contributed by atoms with Crippen LogP contribution in [0.1, 0.15) is 104 Å². The van der Waals surface area contributed by atoms with E-state index in [1.165, 1.54) is 0 Å². The lowest BCUT2D eigenvalue weighted by Crippen LogP contribution is -2.47. The van der Waals surface area contributed by atoms with Crippen molar-refractivity contribution in [1.82, 2.24) is 4.90 Å². The van der Waals surface area contributed by atoms with E-state index in [0.29, 0.717) is 55.8 Å². The van der Waals surface area contributed by atoms with E-state index in [4.69, 9.17) is 18.9 Å². The molecule has 222 valence electrons. The van der Waals surface area contributed by atoms with Crippen LogP contribution in [0.4, 0.5) is 4.79 Å². The van der Waals surface area contributed by atoms with Crippen molar-refractivity contribution in [2.24, 2.45) is 0 Å². The molecule has 1 fully saturated rings. The number of carbonyl (C=O) groups excluding carboxylic acids is 3. The zero-order chi connectivity index (χ0) is 29.7. The number of unbranched alkanes of at least 4 members (excludes halogenated alkanes) is 1. The van der Waals surface area contributed by atoms with Gasteiger partial charge in [0.15, 0.2) is 11.6 Å². The SMILES string of the molecule is CCC(=O)c1cc(C(=O)CCCC[C@@H]2CN(C(=O)OC(C)(C)C)CCO2)cc2c1O[C@H](C)[C@H]2c1cccc(OC)c1. The second-order valence-electron chi connectivity index (χ2n) is 11.9. The monoisotopic (exact) mass is 565 g/mol. The van der Waals surface area contributed by atoms with Gasteiger partial charge in [0.1, 0.15) is 23.2 Å². The lowest BCUT2D eigenvalue weighted by atomic mass is 9.85. The largest absolute Gasteiger partial charge is 0.497 e. The molecule has 2 aliphatic heterocycles. The molecule has 8 heteroatoms. The molecule has 0 spiro atoms. The molecule has 0 radical (unpaired) electrons. The highest BCUT2D eigenvalue weighted by atomic mass is 16.6. The van der Waals surface area contributed by atoms with Crippen LogP contribution in [0.3, 0.4) is 0 Å². The fourth-order valence-corrected chi connectivity index (χ4v) is 5.55. The van der Waals surface area contributed by atoms with Crippen LogP contribution in [0, 0.1) is 0 Å². The number of hydrogen-bond donors (Lipinski definition) is 0. The Morgan fingerprint density at radius 1 is 1.07 bits per heavy atom. The highest BCUT2D eigenvalue weighted by molar-refractivity contribution is 6.04. The number of amides is 1. The van der Waals surface area contributed by atoms with Crippen LogP contribution in [0.5, 0.6) is 11.5 Å². The standard InChI is InChI=1S/C33H43NO7/c1-7-28(35)26-18-23(19-27-30(21(2)40-31(26)27)22-11-10-13-24(17-22)38-6)29(36)14-9-8-12-25-20-34(15-16-39-25)32(37)41-33(3,4)5/h10-11,13,17-19,21,25,30H,7-9,12,14-16,20H2,1-6H3/t21-,25-,30+/m1/s1. The van der Waals surface area contributed by atoms with Gasteiger partial charge in [0.25, 0.3) is 0 Å². The van der Waals surface area contributed by atoms with Crippen molar-refractivity contribution in [3.63, 3.8) is 0 Å². The van der Waals surface area contributed by atoms with E-state index in [9.17, 15) is 14.4 Å². The molecule has 2 aromatic carbocycles. The second-order valence-corrected chi connectivity index (χ2v) is 11.9. The maximum absolute atomic E-state index is 13.4. The molecule has 3 atom stereocenters. The molecule has 0 aromatic heterocycles. The van der Waals surface area contributed by atoms with Crippen LogP contribution >= 0.6 is 0 Å². The summed E-state index contributed by atoms with van der Waals surface area (Å²) >= 11 is 0. The number of benzene rings is 2. The predicted octanol–water partition coefficient (Wildman–Crippen LogP) is 6.58. The third-order valence-corrected chi connectivity index (χ3v) is 7.59. The van der Waals surface area contributed by atoms with E-state index in [1.807, 2.05) is 65.0 Å². The smallest absolute Gasteiger partial charge is 0.410 e. The Kier molecular flexibility index (Phi) is 9.74. The number of morpholine rings is 1. The van der Waals surface area contributed by atoms with Gasteiger partial charge in [-0.15, -0.1) is 0 Å². The van der Waals surface area contributed by atoms with Crippen molar-refractivity contribution >= 4 is 17.7 Å². The van der Waals surface area contributed by atoms with Crippen molar-refractivity contribution in [1.29, 1.82) is 0 Å². The molecule has 0 unspecified atom stereocenters. The summed E-state index contributed by atoms with van der Waals surface area (Å²) in [4.78, 5) is 40.4. The van der Waals surface area contributed by atoms with E-state index >= 15 is 0 Å². The number of methoxy groups -OCH3 is 1. The first-order valence-electron chi connectivity index (χ1n) is 14.6.